The average Bonchev–Trinajstić information content (AvgIpc) is 2.27. The summed E-state index contributed by atoms with van der Waals surface area (Å²) >= 11 is 5.91. The van der Waals surface area contributed by atoms with E-state index in [1.807, 2.05) is 24.3 Å². The Kier molecular flexibility index (Phi) is 6.36. The number of carbonyl (C=O) groups is 1. The maximum absolute atomic E-state index is 11.9. The monoisotopic (exact) mass is 281 g/mol. The summed E-state index contributed by atoms with van der Waals surface area (Å²) in [5, 5.41) is 3.70. The minimum Gasteiger partial charge on any atom is -0.356 e. The molecule has 1 N–H and O–H groups in total. The van der Waals surface area contributed by atoms with E-state index in [0.717, 1.165) is 12.1 Å². The van der Waals surface area contributed by atoms with Crippen LogP contribution in [0, 0.1) is 17.8 Å². The van der Waals surface area contributed by atoms with Crippen LogP contribution in [0.5, 0.6) is 0 Å². The maximum atomic E-state index is 11.9. The van der Waals surface area contributed by atoms with E-state index in [0.29, 0.717) is 29.2 Å². The highest BCUT2D eigenvalue weighted by molar-refractivity contribution is 6.30. The largest absolute Gasteiger partial charge is 0.356 e. The van der Waals surface area contributed by atoms with Crippen LogP contribution in [0.15, 0.2) is 24.3 Å². The maximum Gasteiger partial charge on any atom is 0.224 e. The number of halogens is 1. The topological polar surface area (TPSA) is 29.1 Å². The average molecular weight is 282 g/mol. The number of carbonyl (C=O) groups excluding carboxylic acids is 1. The second-order valence-corrected chi connectivity index (χ2v) is 6.20. The third kappa shape index (κ3) is 5.65. The van der Waals surface area contributed by atoms with Crippen LogP contribution in [0.1, 0.15) is 33.3 Å². The Hall–Kier alpha value is -1.02. The lowest BCUT2D eigenvalue weighted by atomic mass is 9.85. The third-order valence-corrected chi connectivity index (χ3v) is 3.74. The first-order chi connectivity index (χ1) is 8.90. The van der Waals surface area contributed by atoms with Crippen molar-refractivity contribution in [2.24, 2.45) is 17.8 Å². The molecule has 0 aromatic heterocycles. The van der Waals surface area contributed by atoms with Gasteiger partial charge < -0.3 is 5.32 Å². The van der Waals surface area contributed by atoms with Gasteiger partial charge in [0.15, 0.2) is 0 Å². The quantitative estimate of drug-likeness (QED) is 0.841. The first-order valence-corrected chi connectivity index (χ1v) is 7.29. The van der Waals surface area contributed by atoms with Gasteiger partial charge in [-0.25, -0.2) is 0 Å². The minimum absolute atomic E-state index is 0.0635. The molecule has 3 heteroatoms. The minimum atomic E-state index is 0.0635. The van der Waals surface area contributed by atoms with Gasteiger partial charge in [-0.3, -0.25) is 4.79 Å². The van der Waals surface area contributed by atoms with Crippen LogP contribution >= 0.6 is 11.6 Å². The molecule has 0 spiro atoms. The number of hydrogen-bond donors (Lipinski definition) is 1. The molecule has 1 amide bonds. The van der Waals surface area contributed by atoms with Crippen molar-refractivity contribution in [3.63, 3.8) is 0 Å². The normalized spacial score (nSPS) is 11.4. The molecule has 1 rings (SSSR count). The highest BCUT2D eigenvalue weighted by Gasteiger charge is 2.18. The van der Waals surface area contributed by atoms with Gasteiger partial charge in [0.25, 0.3) is 0 Å². The van der Waals surface area contributed by atoms with Crippen LogP contribution in [0.3, 0.4) is 0 Å². The SMILES string of the molecule is CC(C)C(CNC(=O)Cc1cccc(Cl)c1)C(C)C. The van der Waals surface area contributed by atoms with Crippen molar-refractivity contribution < 1.29 is 4.79 Å². The van der Waals surface area contributed by atoms with Crippen LogP contribution < -0.4 is 5.32 Å². The molecular weight excluding hydrogens is 258 g/mol. The van der Waals surface area contributed by atoms with Gasteiger partial charge in [0, 0.05) is 11.6 Å². The molecule has 19 heavy (non-hydrogen) atoms. The summed E-state index contributed by atoms with van der Waals surface area (Å²) in [5.41, 5.74) is 0.954. The van der Waals surface area contributed by atoms with Gasteiger partial charge >= 0.3 is 0 Å². The van der Waals surface area contributed by atoms with Crippen LogP contribution in [-0.2, 0) is 11.2 Å². The fourth-order valence-electron chi connectivity index (χ4n) is 2.37. The lowest BCUT2D eigenvalue weighted by Crippen LogP contribution is -2.34. The molecule has 106 valence electrons. The van der Waals surface area contributed by atoms with Crippen molar-refractivity contribution in [3.8, 4) is 0 Å². The van der Waals surface area contributed by atoms with Crippen LogP contribution in [0.4, 0.5) is 0 Å². The predicted molar refractivity (Wildman–Crippen MR) is 81.3 cm³/mol. The Labute approximate surface area is 121 Å². The standard InChI is InChI=1S/C16H24ClNO/c1-11(2)15(12(3)4)10-18-16(19)9-13-6-5-7-14(17)8-13/h5-8,11-12,15H,9-10H2,1-4H3,(H,18,19). The van der Waals surface area contributed by atoms with Gasteiger partial charge in [-0.05, 0) is 35.4 Å². The molecule has 1 aromatic carbocycles. The second kappa shape index (κ2) is 7.54. The van der Waals surface area contributed by atoms with Gasteiger partial charge in [-0.1, -0.05) is 51.4 Å². The molecule has 0 aliphatic carbocycles. The van der Waals surface area contributed by atoms with E-state index in [4.69, 9.17) is 11.6 Å². The molecular formula is C16H24ClNO. The van der Waals surface area contributed by atoms with E-state index >= 15 is 0 Å². The highest BCUT2D eigenvalue weighted by Crippen LogP contribution is 2.19. The molecule has 0 radical (unpaired) electrons. The Morgan fingerprint density at radius 2 is 1.84 bits per heavy atom. The van der Waals surface area contributed by atoms with Crippen molar-refractivity contribution in [1.82, 2.24) is 5.32 Å². The first-order valence-electron chi connectivity index (χ1n) is 6.91. The molecule has 0 saturated heterocycles. The smallest absolute Gasteiger partial charge is 0.224 e. The number of rotatable bonds is 6. The van der Waals surface area contributed by atoms with Crippen LogP contribution in [0.2, 0.25) is 5.02 Å². The van der Waals surface area contributed by atoms with Gasteiger partial charge in [-0.15, -0.1) is 0 Å². The fraction of sp³-hybridized carbons (Fsp3) is 0.562. The molecule has 0 aliphatic heterocycles. The Morgan fingerprint density at radius 1 is 1.21 bits per heavy atom. The molecule has 0 unspecified atom stereocenters. The molecule has 0 atom stereocenters. The second-order valence-electron chi connectivity index (χ2n) is 5.76. The van der Waals surface area contributed by atoms with Crippen molar-refractivity contribution in [3.05, 3.63) is 34.9 Å². The van der Waals surface area contributed by atoms with Gasteiger partial charge in [-0.2, -0.15) is 0 Å². The molecule has 0 saturated carbocycles. The Balaban J connectivity index is 2.47. The molecule has 2 nitrogen and oxygen atoms in total. The van der Waals surface area contributed by atoms with Gasteiger partial charge in [0.1, 0.15) is 0 Å². The molecule has 0 aliphatic rings. The summed E-state index contributed by atoms with van der Waals surface area (Å²) in [4.78, 5) is 11.9. The summed E-state index contributed by atoms with van der Waals surface area (Å²) in [7, 11) is 0. The number of amides is 1. The van der Waals surface area contributed by atoms with E-state index in [-0.39, 0.29) is 5.91 Å². The summed E-state index contributed by atoms with van der Waals surface area (Å²) in [5.74, 6) is 1.73. The summed E-state index contributed by atoms with van der Waals surface area (Å²) < 4.78 is 0. The lowest BCUT2D eigenvalue weighted by Gasteiger charge is -2.25. The van der Waals surface area contributed by atoms with Crippen molar-refractivity contribution >= 4 is 17.5 Å². The molecule has 1 aromatic rings. The zero-order valence-electron chi connectivity index (χ0n) is 12.2. The van der Waals surface area contributed by atoms with E-state index < -0.39 is 0 Å². The van der Waals surface area contributed by atoms with E-state index in [2.05, 4.69) is 33.0 Å². The van der Waals surface area contributed by atoms with Crippen LogP contribution in [-0.4, -0.2) is 12.5 Å². The zero-order chi connectivity index (χ0) is 14.4. The van der Waals surface area contributed by atoms with Gasteiger partial charge in [0.05, 0.1) is 6.42 Å². The third-order valence-electron chi connectivity index (χ3n) is 3.50. The summed E-state index contributed by atoms with van der Waals surface area (Å²) in [6.45, 7) is 9.55. The zero-order valence-corrected chi connectivity index (χ0v) is 13.0. The Morgan fingerprint density at radius 3 is 2.37 bits per heavy atom. The summed E-state index contributed by atoms with van der Waals surface area (Å²) in [6, 6.07) is 7.45. The predicted octanol–water partition coefficient (Wildman–Crippen LogP) is 3.93. The number of nitrogens with one attached hydrogen (secondary N) is 1. The van der Waals surface area contributed by atoms with Crippen molar-refractivity contribution in [1.29, 1.82) is 0 Å². The van der Waals surface area contributed by atoms with E-state index in [1.165, 1.54) is 0 Å². The van der Waals surface area contributed by atoms with E-state index in [9.17, 15) is 4.79 Å². The molecule has 0 bridgehead atoms. The lowest BCUT2D eigenvalue weighted by molar-refractivity contribution is -0.120. The summed E-state index contributed by atoms with van der Waals surface area (Å²) in [6.07, 6.45) is 0.392. The van der Waals surface area contributed by atoms with E-state index in [1.54, 1.807) is 0 Å². The highest BCUT2D eigenvalue weighted by atomic mass is 35.5. The van der Waals surface area contributed by atoms with Gasteiger partial charge in [0.2, 0.25) is 5.91 Å². The molecule has 0 fully saturated rings. The van der Waals surface area contributed by atoms with Crippen molar-refractivity contribution in [2.75, 3.05) is 6.54 Å². The number of benzene rings is 1. The first kappa shape index (κ1) is 16.0. The van der Waals surface area contributed by atoms with Crippen molar-refractivity contribution in [2.45, 2.75) is 34.1 Å². The fourth-order valence-corrected chi connectivity index (χ4v) is 2.58. The van der Waals surface area contributed by atoms with Crippen LogP contribution in [0.25, 0.3) is 0 Å². The molecule has 0 heterocycles. The Bertz CT molecular complexity index is 407. The number of hydrogen-bond acceptors (Lipinski definition) is 1.